The molecule has 0 aliphatic heterocycles. The zero-order valence-electron chi connectivity index (χ0n) is 11.4. The molecule has 4 nitrogen and oxygen atoms in total. The molecule has 0 spiro atoms. The predicted molar refractivity (Wildman–Crippen MR) is 81.8 cm³/mol. The molecule has 0 aromatic heterocycles. The summed E-state index contributed by atoms with van der Waals surface area (Å²) in [6.45, 7) is 5.35. The minimum atomic E-state index is -0.0196. The first kappa shape index (κ1) is 15.6. The van der Waals surface area contributed by atoms with E-state index in [9.17, 15) is 4.79 Å². The van der Waals surface area contributed by atoms with Crippen molar-refractivity contribution in [1.82, 2.24) is 10.2 Å². The molecule has 3 N–H and O–H groups in total. The van der Waals surface area contributed by atoms with Gasteiger partial charge in [-0.05, 0) is 19.4 Å². The van der Waals surface area contributed by atoms with Crippen molar-refractivity contribution in [2.45, 2.75) is 26.4 Å². The second kappa shape index (κ2) is 7.86. The molecular weight excluding hydrogens is 258 g/mol. The van der Waals surface area contributed by atoms with Gasteiger partial charge in [-0.1, -0.05) is 42.5 Å². The molecule has 1 aromatic carbocycles. The number of benzene rings is 1. The number of carbonyl (C=O) groups is 1. The molecule has 0 unspecified atom stereocenters. The maximum Gasteiger partial charge on any atom is 0.234 e. The van der Waals surface area contributed by atoms with Crippen molar-refractivity contribution in [1.29, 1.82) is 0 Å². The van der Waals surface area contributed by atoms with Crippen molar-refractivity contribution < 1.29 is 4.79 Å². The summed E-state index contributed by atoms with van der Waals surface area (Å²) in [5.41, 5.74) is 6.61. The van der Waals surface area contributed by atoms with E-state index in [-0.39, 0.29) is 11.9 Å². The van der Waals surface area contributed by atoms with E-state index in [0.717, 1.165) is 5.56 Å². The van der Waals surface area contributed by atoms with Crippen LogP contribution in [0.2, 0.25) is 0 Å². The second-order valence-corrected chi connectivity index (χ2v) is 5.25. The van der Waals surface area contributed by atoms with E-state index in [1.165, 1.54) is 0 Å². The highest BCUT2D eigenvalue weighted by molar-refractivity contribution is 7.80. The highest BCUT2D eigenvalue weighted by atomic mass is 32.1. The van der Waals surface area contributed by atoms with Gasteiger partial charge in [0, 0.05) is 19.1 Å². The number of thiocarbonyl (C=S) groups is 1. The van der Waals surface area contributed by atoms with Crippen LogP contribution >= 0.6 is 12.2 Å². The first-order valence-electron chi connectivity index (χ1n) is 6.32. The molecule has 0 aliphatic rings. The SMILES string of the molecule is CC(C)N(CC(=O)NCc1ccccc1)CC(N)=S. The summed E-state index contributed by atoms with van der Waals surface area (Å²) in [7, 11) is 0. The molecular formula is C14H21N3OS. The Morgan fingerprint density at radius 3 is 2.47 bits per heavy atom. The lowest BCUT2D eigenvalue weighted by Crippen LogP contribution is -2.44. The van der Waals surface area contributed by atoms with Crippen LogP contribution in [0.1, 0.15) is 19.4 Å². The summed E-state index contributed by atoms with van der Waals surface area (Å²) in [4.78, 5) is 14.2. The Morgan fingerprint density at radius 1 is 1.32 bits per heavy atom. The number of nitrogens with one attached hydrogen (secondary N) is 1. The number of hydrogen-bond acceptors (Lipinski definition) is 3. The van der Waals surface area contributed by atoms with Crippen LogP contribution in [0.15, 0.2) is 30.3 Å². The average Bonchev–Trinajstić information content (AvgIpc) is 2.36. The summed E-state index contributed by atoms with van der Waals surface area (Å²) >= 11 is 4.89. The number of rotatable bonds is 7. The van der Waals surface area contributed by atoms with Gasteiger partial charge in [-0.15, -0.1) is 0 Å². The zero-order valence-corrected chi connectivity index (χ0v) is 12.2. The van der Waals surface area contributed by atoms with Gasteiger partial charge in [0.25, 0.3) is 0 Å². The fourth-order valence-corrected chi connectivity index (χ4v) is 1.82. The largest absolute Gasteiger partial charge is 0.392 e. The van der Waals surface area contributed by atoms with Gasteiger partial charge in [-0.25, -0.2) is 0 Å². The summed E-state index contributed by atoms with van der Waals surface area (Å²) in [6, 6.07) is 10.0. The number of amides is 1. The van der Waals surface area contributed by atoms with Gasteiger partial charge in [0.2, 0.25) is 5.91 Å². The highest BCUT2D eigenvalue weighted by Gasteiger charge is 2.14. The Morgan fingerprint density at radius 2 is 1.95 bits per heavy atom. The Kier molecular flexibility index (Phi) is 6.45. The van der Waals surface area contributed by atoms with E-state index in [1.54, 1.807) is 0 Å². The quantitative estimate of drug-likeness (QED) is 0.739. The van der Waals surface area contributed by atoms with Gasteiger partial charge in [0.1, 0.15) is 0 Å². The molecule has 0 aliphatic carbocycles. The van der Waals surface area contributed by atoms with E-state index in [4.69, 9.17) is 18.0 Å². The topological polar surface area (TPSA) is 58.4 Å². The van der Waals surface area contributed by atoms with Crippen LogP contribution in [0.4, 0.5) is 0 Å². The maximum absolute atomic E-state index is 11.9. The lowest BCUT2D eigenvalue weighted by atomic mass is 10.2. The first-order valence-corrected chi connectivity index (χ1v) is 6.73. The molecule has 0 saturated heterocycles. The molecule has 1 rings (SSSR count). The molecule has 19 heavy (non-hydrogen) atoms. The Labute approximate surface area is 120 Å². The molecule has 5 heteroatoms. The molecule has 1 amide bonds. The number of nitrogens with two attached hydrogens (primary N) is 1. The van der Waals surface area contributed by atoms with Crippen LogP contribution in [-0.2, 0) is 11.3 Å². The minimum absolute atomic E-state index is 0.0196. The summed E-state index contributed by atoms with van der Waals surface area (Å²) < 4.78 is 0. The third-order valence-corrected chi connectivity index (χ3v) is 2.90. The van der Waals surface area contributed by atoms with Crippen molar-refractivity contribution >= 4 is 23.1 Å². The van der Waals surface area contributed by atoms with Gasteiger partial charge < -0.3 is 11.1 Å². The third kappa shape index (κ3) is 6.31. The van der Waals surface area contributed by atoms with Crippen LogP contribution in [0.5, 0.6) is 0 Å². The Bertz CT molecular complexity index is 420. The van der Waals surface area contributed by atoms with E-state index < -0.39 is 0 Å². The van der Waals surface area contributed by atoms with Crippen LogP contribution < -0.4 is 11.1 Å². The van der Waals surface area contributed by atoms with Gasteiger partial charge in [-0.2, -0.15) is 0 Å². The molecule has 0 bridgehead atoms. The number of nitrogens with zero attached hydrogens (tertiary/aromatic N) is 1. The Balaban J connectivity index is 2.42. The van der Waals surface area contributed by atoms with Crippen LogP contribution in [-0.4, -0.2) is 34.9 Å². The standard InChI is InChI=1S/C14H21N3OS/c1-11(2)17(9-13(15)19)10-14(18)16-8-12-6-4-3-5-7-12/h3-7,11H,8-10H2,1-2H3,(H2,15,19)(H,16,18). The summed E-state index contributed by atoms with van der Waals surface area (Å²) in [6.07, 6.45) is 0. The number of carbonyl (C=O) groups excluding carboxylic acids is 1. The van der Waals surface area contributed by atoms with Gasteiger partial charge in [-0.3, -0.25) is 9.69 Å². The van der Waals surface area contributed by atoms with E-state index >= 15 is 0 Å². The fourth-order valence-electron chi connectivity index (χ4n) is 1.66. The van der Waals surface area contributed by atoms with E-state index in [0.29, 0.717) is 24.6 Å². The second-order valence-electron chi connectivity index (χ2n) is 4.73. The van der Waals surface area contributed by atoms with Crippen molar-refractivity contribution in [3.63, 3.8) is 0 Å². The van der Waals surface area contributed by atoms with Crippen molar-refractivity contribution in [2.75, 3.05) is 13.1 Å². The van der Waals surface area contributed by atoms with Crippen molar-refractivity contribution in [2.24, 2.45) is 5.73 Å². The fraction of sp³-hybridized carbons (Fsp3) is 0.429. The molecule has 0 radical (unpaired) electrons. The molecule has 0 atom stereocenters. The van der Waals surface area contributed by atoms with Crippen LogP contribution in [0, 0.1) is 0 Å². The van der Waals surface area contributed by atoms with Crippen molar-refractivity contribution in [3.05, 3.63) is 35.9 Å². The average molecular weight is 279 g/mol. The van der Waals surface area contributed by atoms with E-state index in [2.05, 4.69) is 5.32 Å². The lowest BCUT2D eigenvalue weighted by Gasteiger charge is -2.25. The summed E-state index contributed by atoms with van der Waals surface area (Å²) in [5.74, 6) is -0.0196. The molecule has 104 valence electrons. The molecule has 0 saturated carbocycles. The predicted octanol–water partition coefficient (Wildman–Crippen LogP) is 1.30. The first-order chi connectivity index (χ1) is 8.99. The molecule has 0 heterocycles. The van der Waals surface area contributed by atoms with Gasteiger partial charge in [0.05, 0.1) is 11.5 Å². The zero-order chi connectivity index (χ0) is 14.3. The smallest absolute Gasteiger partial charge is 0.234 e. The van der Waals surface area contributed by atoms with Crippen molar-refractivity contribution in [3.8, 4) is 0 Å². The van der Waals surface area contributed by atoms with Crippen LogP contribution in [0.25, 0.3) is 0 Å². The summed E-state index contributed by atoms with van der Waals surface area (Å²) in [5, 5.41) is 2.89. The maximum atomic E-state index is 11.9. The highest BCUT2D eigenvalue weighted by Crippen LogP contribution is 1.99. The monoisotopic (exact) mass is 279 g/mol. The third-order valence-electron chi connectivity index (χ3n) is 2.77. The lowest BCUT2D eigenvalue weighted by molar-refractivity contribution is -0.122. The number of hydrogen-bond donors (Lipinski definition) is 2. The Hall–Kier alpha value is -1.46. The molecule has 0 fully saturated rings. The van der Waals surface area contributed by atoms with Crippen LogP contribution in [0.3, 0.4) is 0 Å². The normalized spacial score (nSPS) is 10.7. The van der Waals surface area contributed by atoms with Gasteiger partial charge >= 0.3 is 0 Å². The molecule has 1 aromatic rings. The minimum Gasteiger partial charge on any atom is -0.392 e. The van der Waals surface area contributed by atoms with Gasteiger partial charge in [0.15, 0.2) is 0 Å². The van der Waals surface area contributed by atoms with E-state index in [1.807, 2.05) is 49.1 Å².